The van der Waals surface area contributed by atoms with E-state index in [-0.39, 0.29) is 0 Å². The van der Waals surface area contributed by atoms with Gasteiger partial charge in [0.25, 0.3) is 0 Å². The zero-order chi connectivity index (χ0) is 17.9. The fourth-order valence-electron chi connectivity index (χ4n) is 3.68. The summed E-state index contributed by atoms with van der Waals surface area (Å²) in [5.74, 6) is 2.70. The van der Waals surface area contributed by atoms with Gasteiger partial charge in [-0.25, -0.2) is 9.97 Å². The van der Waals surface area contributed by atoms with Crippen LogP contribution in [-0.4, -0.2) is 47.6 Å². The van der Waals surface area contributed by atoms with Crippen LogP contribution >= 0.6 is 0 Å². The number of rotatable bonds is 6. The lowest BCUT2D eigenvalue weighted by molar-refractivity contribution is 0.248. The molecule has 1 aliphatic carbocycles. The second-order valence-corrected chi connectivity index (χ2v) is 7.69. The summed E-state index contributed by atoms with van der Waals surface area (Å²) in [7, 11) is 0. The van der Waals surface area contributed by atoms with E-state index in [1.54, 1.807) is 0 Å². The van der Waals surface area contributed by atoms with Crippen LogP contribution in [0.4, 0.5) is 11.5 Å². The van der Waals surface area contributed by atoms with Gasteiger partial charge >= 0.3 is 0 Å². The van der Waals surface area contributed by atoms with Crippen molar-refractivity contribution >= 4 is 11.5 Å². The topological polar surface area (TPSA) is 44.3 Å². The first kappa shape index (κ1) is 17.3. The van der Waals surface area contributed by atoms with Gasteiger partial charge in [-0.05, 0) is 50.3 Å². The van der Waals surface area contributed by atoms with Gasteiger partial charge in [-0.15, -0.1) is 0 Å². The van der Waals surface area contributed by atoms with Crippen LogP contribution in [0.1, 0.15) is 29.9 Å². The van der Waals surface area contributed by atoms with E-state index < -0.39 is 0 Å². The van der Waals surface area contributed by atoms with Crippen LogP contribution in [0.15, 0.2) is 30.3 Å². The third-order valence-electron chi connectivity index (χ3n) is 5.33. The second kappa shape index (κ2) is 7.62. The Labute approximate surface area is 156 Å². The summed E-state index contributed by atoms with van der Waals surface area (Å²) in [6.45, 7) is 10.7. The van der Waals surface area contributed by atoms with Crippen molar-refractivity contribution in [1.29, 1.82) is 0 Å². The number of aryl methyl sites for hydroxylation is 2. The van der Waals surface area contributed by atoms with Crippen molar-refractivity contribution in [2.24, 2.45) is 5.92 Å². The van der Waals surface area contributed by atoms with E-state index in [1.807, 2.05) is 19.9 Å². The molecule has 1 aromatic heterocycles. The van der Waals surface area contributed by atoms with Crippen LogP contribution in [-0.2, 0) is 6.54 Å². The Balaban J connectivity index is 1.29. The number of aromatic nitrogens is 2. The predicted octanol–water partition coefficient (Wildman–Crippen LogP) is 3.24. The minimum absolute atomic E-state index is 0.783. The molecule has 1 N–H and O–H groups in total. The van der Waals surface area contributed by atoms with Crippen molar-refractivity contribution in [1.82, 2.24) is 14.9 Å². The molecule has 2 fully saturated rings. The standard InChI is InChI=1S/C21H29N5/c1-16-13-21(24-17(2)23-16)22-14-18-5-7-20(8-6-18)26-11-9-25(10-12-26)15-19-3-4-19/h5-8,13,19H,3-4,9-12,14-15H2,1-2H3,(H,22,23,24). The molecule has 0 atom stereocenters. The minimum Gasteiger partial charge on any atom is -0.369 e. The number of anilines is 2. The maximum atomic E-state index is 4.44. The molecule has 0 bridgehead atoms. The summed E-state index contributed by atoms with van der Waals surface area (Å²) in [6, 6.07) is 10.9. The van der Waals surface area contributed by atoms with Crippen LogP contribution in [0.5, 0.6) is 0 Å². The molecule has 0 spiro atoms. The van der Waals surface area contributed by atoms with Crippen molar-refractivity contribution in [2.75, 3.05) is 42.9 Å². The smallest absolute Gasteiger partial charge is 0.130 e. The van der Waals surface area contributed by atoms with Crippen molar-refractivity contribution in [3.8, 4) is 0 Å². The van der Waals surface area contributed by atoms with Crippen molar-refractivity contribution in [3.05, 3.63) is 47.4 Å². The molecule has 5 heteroatoms. The molecule has 0 unspecified atom stereocenters. The highest BCUT2D eigenvalue weighted by molar-refractivity contribution is 5.48. The van der Waals surface area contributed by atoms with Gasteiger partial charge in [0.15, 0.2) is 0 Å². The van der Waals surface area contributed by atoms with E-state index in [4.69, 9.17) is 0 Å². The SMILES string of the molecule is Cc1cc(NCc2ccc(N3CCN(CC4CC4)CC3)cc2)nc(C)n1. The van der Waals surface area contributed by atoms with Crippen LogP contribution in [0.25, 0.3) is 0 Å². The van der Waals surface area contributed by atoms with Crippen LogP contribution in [0, 0.1) is 19.8 Å². The quantitative estimate of drug-likeness (QED) is 0.866. The van der Waals surface area contributed by atoms with Gasteiger partial charge in [0, 0.05) is 56.7 Å². The Morgan fingerprint density at radius 2 is 1.73 bits per heavy atom. The molecule has 1 aromatic carbocycles. The van der Waals surface area contributed by atoms with Gasteiger partial charge in [-0.3, -0.25) is 4.90 Å². The Hall–Kier alpha value is -2.14. The largest absolute Gasteiger partial charge is 0.369 e. The first-order valence-corrected chi connectivity index (χ1v) is 9.78. The van der Waals surface area contributed by atoms with Gasteiger partial charge in [-0.1, -0.05) is 12.1 Å². The van der Waals surface area contributed by atoms with E-state index in [1.165, 1.54) is 43.7 Å². The van der Waals surface area contributed by atoms with Gasteiger partial charge in [0.1, 0.15) is 11.6 Å². The van der Waals surface area contributed by atoms with Gasteiger partial charge < -0.3 is 10.2 Å². The second-order valence-electron chi connectivity index (χ2n) is 7.69. The first-order chi connectivity index (χ1) is 12.7. The zero-order valence-corrected chi connectivity index (χ0v) is 15.9. The van der Waals surface area contributed by atoms with E-state index >= 15 is 0 Å². The van der Waals surface area contributed by atoms with Crippen molar-refractivity contribution in [2.45, 2.75) is 33.2 Å². The summed E-state index contributed by atoms with van der Waals surface area (Å²) >= 11 is 0. The molecule has 1 saturated carbocycles. The molecule has 2 aromatic rings. The van der Waals surface area contributed by atoms with Crippen LogP contribution in [0.2, 0.25) is 0 Å². The zero-order valence-electron chi connectivity index (χ0n) is 15.9. The number of hydrogen-bond donors (Lipinski definition) is 1. The summed E-state index contributed by atoms with van der Waals surface area (Å²) in [5.41, 5.74) is 3.61. The Morgan fingerprint density at radius 3 is 2.38 bits per heavy atom. The monoisotopic (exact) mass is 351 g/mol. The number of nitrogens with zero attached hydrogens (tertiary/aromatic N) is 4. The molecule has 26 heavy (non-hydrogen) atoms. The number of benzene rings is 1. The number of nitrogens with one attached hydrogen (secondary N) is 1. The Morgan fingerprint density at radius 1 is 1.00 bits per heavy atom. The molecule has 0 amide bonds. The highest BCUT2D eigenvalue weighted by Crippen LogP contribution is 2.30. The van der Waals surface area contributed by atoms with E-state index in [2.05, 4.69) is 49.4 Å². The molecule has 2 heterocycles. The summed E-state index contributed by atoms with van der Waals surface area (Å²) in [4.78, 5) is 13.9. The normalized spacial score (nSPS) is 18.2. The van der Waals surface area contributed by atoms with E-state index in [0.717, 1.165) is 42.9 Å². The molecule has 138 valence electrons. The fourth-order valence-corrected chi connectivity index (χ4v) is 3.68. The molecule has 1 saturated heterocycles. The van der Waals surface area contributed by atoms with Crippen molar-refractivity contribution < 1.29 is 0 Å². The minimum atomic E-state index is 0.783. The molecule has 4 rings (SSSR count). The fraction of sp³-hybridized carbons (Fsp3) is 0.524. The molecular formula is C21H29N5. The van der Waals surface area contributed by atoms with E-state index in [0.29, 0.717) is 0 Å². The Kier molecular flexibility index (Phi) is 5.07. The van der Waals surface area contributed by atoms with Crippen molar-refractivity contribution in [3.63, 3.8) is 0 Å². The van der Waals surface area contributed by atoms with Gasteiger partial charge in [-0.2, -0.15) is 0 Å². The average molecular weight is 351 g/mol. The highest BCUT2D eigenvalue weighted by atomic mass is 15.3. The van der Waals surface area contributed by atoms with Crippen LogP contribution in [0.3, 0.4) is 0 Å². The maximum Gasteiger partial charge on any atom is 0.130 e. The lowest BCUT2D eigenvalue weighted by Crippen LogP contribution is -2.47. The van der Waals surface area contributed by atoms with Gasteiger partial charge in [0.05, 0.1) is 0 Å². The number of hydrogen-bond acceptors (Lipinski definition) is 5. The van der Waals surface area contributed by atoms with E-state index in [9.17, 15) is 0 Å². The molecular weight excluding hydrogens is 322 g/mol. The average Bonchev–Trinajstić information content (AvgIpc) is 3.44. The number of piperazine rings is 1. The Bertz CT molecular complexity index is 710. The lowest BCUT2D eigenvalue weighted by atomic mass is 10.1. The molecule has 1 aliphatic heterocycles. The maximum absolute atomic E-state index is 4.44. The van der Waals surface area contributed by atoms with Crippen LogP contribution < -0.4 is 10.2 Å². The first-order valence-electron chi connectivity index (χ1n) is 9.78. The lowest BCUT2D eigenvalue weighted by Gasteiger charge is -2.36. The molecule has 5 nitrogen and oxygen atoms in total. The third kappa shape index (κ3) is 4.52. The molecule has 0 radical (unpaired) electrons. The summed E-state index contributed by atoms with van der Waals surface area (Å²) < 4.78 is 0. The summed E-state index contributed by atoms with van der Waals surface area (Å²) in [5, 5.41) is 3.40. The third-order valence-corrected chi connectivity index (χ3v) is 5.33. The molecule has 2 aliphatic rings. The van der Waals surface area contributed by atoms with Gasteiger partial charge in [0.2, 0.25) is 0 Å². The highest BCUT2D eigenvalue weighted by Gasteiger charge is 2.26. The summed E-state index contributed by atoms with van der Waals surface area (Å²) in [6.07, 6.45) is 2.90. The predicted molar refractivity (Wildman–Crippen MR) is 107 cm³/mol.